The Morgan fingerprint density at radius 2 is 1.18 bits per heavy atom. The van der Waals surface area contributed by atoms with Crippen LogP contribution in [0.15, 0.2) is 68.4 Å². The number of rotatable bonds is 16. The second kappa shape index (κ2) is 13.0. The molecule has 0 aromatic carbocycles. The van der Waals surface area contributed by atoms with Crippen LogP contribution in [0.5, 0.6) is 0 Å². The Kier molecular flexibility index (Phi) is 10.4. The fourth-order valence-corrected chi connectivity index (χ4v) is 17.4. The Balaban J connectivity index is 2.17. The van der Waals surface area contributed by atoms with Gasteiger partial charge in [0.15, 0.2) is 0 Å². The van der Waals surface area contributed by atoms with E-state index < -0.39 is 21.6 Å². The predicted molar refractivity (Wildman–Crippen MR) is 146 cm³/mol. The SMILES string of the molecule is CCCCCCC(O[Si](C)(C)C)[CH](CCCCC)[Ge]([c]1ccco1)([c]1ccco1)[c]1ccco1. The van der Waals surface area contributed by atoms with Crippen LogP contribution in [-0.2, 0) is 4.43 Å². The summed E-state index contributed by atoms with van der Waals surface area (Å²) in [5.41, 5.74) is 0. The standard InChI is InChI=1S/C28H44GeO4Si/c1-6-8-10-12-17-25(33-34(3,4)5)24(16-11-9-7-2)29(26-18-13-21-30-26,27-19-14-22-31-27)28-20-15-23-32-28/h13-15,18-25H,6-12,16-17H2,1-5H3. The number of hydrogen-bond acceptors (Lipinski definition) is 4. The molecule has 0 radical (unpaired) electrons. The molecule has 0 aliphatic heterocycles. The molecule has 0 aliphatic rings. The summed E-state index contributed by atoms with van der Waals surface area (Å²) in [5, 5.41) is 0. The number of furan rings is 3. The molecular weight excluding hydrogens is 501 g/mol. The van der Waals surface area contributed by atoms with E-state index in [1.807, 2.05) is 18.2 Å². The van der Waals surface area contributed by atoms with Crippen LogP contribution in [0.25, 0.3) is 0 Å². The van der Waals surface area contributed by atoms with E-state index in [0.717, 1.165) is 26.6 Å². The minimum atomic E-state index is -3.52. The Morgan fingerprint density at radius 1 is 0.706 bits per heavy atom. The topological polar surface area (TPSA) is 48.7 Å². The third-order valence-electron chi connectivity index (χ3n) is 6.70. The van der Waals surface area contributed by atoms with Gasteiger partial charge < -0.3 is 0 Å². The predicted octanol–water partition coefficient (Wildman–Crippen LogP) is 7.08. The van der Waals surface area contributed by atoms with Gasteiger partial charge in [0, 0.05) is 0 Å². The molecule has 6 heteroatoms. The molecule has 0 saturated heterocycles. The molecule has 4 nitrogen and oxygen atoms in total. The molecule has 0 bridgehead atoms. The summed E-state index contributed by atoms with van der Waals surface area (Å²) in [6.07, 6.45) is 16.3. The normalized spacial score (nSPS) is 14.4. The van der Waals surface area contributed by atoms with Crippen LogP contribution in [0, 0.1) is 0 Å². The van der Waals surface area contributed by atoms with Crippen molar-refractivity contribution in [3.8, 4) is 0 Å². The molecule has 3 aromatic heterocycles. The van der Waals surface area contributed by atoms with Crippen LogP contribution in [-0.4, -0.2) is 27.7 Å². The molecule has 2 atom stereocenters. The van der Waals surface area contributed by atoms with Gasteiger partial charge in [0.25, 0.3) is 0 Å². The van der Waals surface area contributed by atoms with Gasteiger partial charge in [-0.05, 0) is 0 Å². The molecule has 0 spiro atoms. The summed E-state index contributed by atoms with van der Waals surface area (Å²) in [6, 6.07) is 12.5. The van der Waals surface area contributed by atoms with E-state index in [-0.39, 0.29) is 6.10 Å². The third-order valence-corrected chi connectivity index (χ3v) is 18.1. The second-order valence-corrected chi connectivity index (χ2v) is 23.0. The first-order chi connectivity index (χ1) is 16.4. The molecule has 3 heterocycles. The van der Waals surface area contributed by atoms with Crippen molar-refractivity contribution in [3.63, 3.8) is 0 Å². The summed E-state index contributed by atoms with van der Waals surface area (Å²) in [5.74, 6) is 0. The maximum atomic E-state index is 7.07. The van der Waals surface area contributed by atoms with Crippen LogP contribution >= 0.6 is 0 Å². The minimum absolute atomic E-state index is 0.167. The van der Waals surface area contributed by atoms with Crippen molar-refractivity contribution >= 4 is 35.4 Å². The first-order valence-corrected chi connectivity index (χ1v) is 21.0. The van der Waals surface area contributed by atoms with Crippen molar-refractivity contribution in [2.24, 2.45) is 0 Å². The third kappa shape index (κ3) is 6.61. The van der Waals surface area contributed by atoms with E-state index in [1.165, 1.54) is 44.9 Å². The molecule has 34 heavy (non-hydrogen) atoms. The Labute approximate surface area is 209 Å². The van der Waals surface area contributed by atoms with Crippen molar-refractivity contribution in [3.05, 3.63) is 55.2 Å². The molecular formula is C28H44GeO4Si. The zero-order valence-electron chi connectivity index (χ0n) is 21.8. The van der Waals surface area contributed by atoms with E-state index in [0.29, 0.717) is 4.75 Å². The average molecular weight is 545 g/mol. The summed E-state index contributed by atoms with van der Waals surface area (Å²) in [7, 11) is -1.79. The zero-order valence-corrected chi connectivity index (χ0v) is 24.9. The molecule has 3 rings (SSSR count). The molecule has 2 unspecified atom stereocenters. The van der Waals surface area contributed by atoms with Crippen LogP contribution < -0.4 is 13.8 Å². The Morgan fingerprint density at radius 3 is 1.59 bits per heavy atom. The van der Waals surface area contributed by atoms with Crippen molar-refractivity contribution < 1.29 is 17.7 Å². The van der Waals surface area contributed by atoms with E-state index in [9.17, 15) is 0 Å². The van der Waals surface area contributed by atoms with E-state index in [2.05, 4.69) is 51.7 Å². The van der Waals surface area contributed by atoms with Gasteiger partial charge in [0.05, 0.1) is 0 Å². The van der Waals surface area contributed by atoms with Gasteiger partial charge in [-0.25, -0.2) is 0 Å². The van der Waals surface area contributed by atoms with E-state index in [1.54, 1.807) is 18.8 Å². The number of unbranched alkanes of at least 4 members (excludes halogenated alkanes) is 5. The number of hydrogen-bond donors (Lipinski definition) is 0. The Hall–Kier alpha value is -1.44. The quantitative estimate of drug-likeness (QED) is 0.143. The molecule has 0 N–H and O–H groups in total. The summed E-state index contributed by atoms with van der Waals surface area (Å²) >= 11 is -3.52. The first-order valence-electron chi connectivity index (χ1n) is 13.2. The fourth-order valence-electron chi connectivity index (χ4n) is 5.29. The van der Waals surface area contributed by atoms with Crippen molar-refractivity contribution in [2.75, 3.05) is 0 Å². The summed E-state index contributed by atoms with van der Waals surface area (Å²) in [6.45, 7) is 11.5. The molecule has 0 amide bonds. The van der Waals surface area contributed by atoms with Crippen molar-refractivity contribution in [1.82, 2.24) is 0 Å². The van der Waals surface area contributed by atoms with E-state index in [4.69, 9.17) is 17.7 Å². The van der Waals surface area contributed by atoms with Crippen LogP contribution in [0.2, 0.25) is 24.4 Å². The zero-order chi connectivity index (χ0) is 24.4. The molecule has 0 fully saturated rings. The van der Waals surface area contributed by atoms with E-state index >= 15 is 0 Å². The van der Waals surface area contributed by atoms with Crippen LogP contribution in [0.4, 0.5) is 0 Å². The molecule has 0 saturated carbocycles. The van der Waals surface area contributed by atoms with Gasteiger partial charge >= 0.3 is 210 Å². The molecule has 0 aliphatic carbocycles. The van der Waals surface area contributed by atoms with Crippen LogP contribution in [0.3, 0.4) is 0 Å². The summed E-state index contributed by atoms with van der Waals surface area (Å²) < 4.78 is 29.3. The fraction of sp³-hybridized carbons (Fsp3) is 0.571. The van der Waals surface area contributed by atoms with Crippen LogP contribution in [0.1, 0.15) is 71.6 Å². The van der Waals surface area contributed by atoms with Gasteiger partial charge in [0.2, 0.25) is 0 Å². The van der Waals surface area contributed by atoms with Crippen molar-refractivity contribution in [2.45, 2.75) is 102 Å². The second-order valence-electron chi connectivity index (χ2n) is 10.5. The van der Waals surface area contributed by atoms with Gasteiger partial charge in [-0.1, -0.05) is 0 Å². The van der Waals surface area contributed by atoms with Gasteiger partial charge in [-0.2, -0.15) is 0 Å². The Bertz CT molecular complexity index is 813. The molecule has 3 aromatic rings. The van der Waals surface area contributed by atoms with Gasteiger partial charge in [0.1, 0.15) is 0 Å². The first kappa shape index (κ1) is 27.2. The van der Waals surface area contributed by atoms with Gasteiger partial charge in [-0.15, -0.1) is 0 Å². The van der Waals surface area contributed by atoms with Crippen molar-refractivity contribution in [1.29, 1.82) is 0 Å². The van der Waals surface area contributed by atoms with Gasteiger partial charge in [-0.3, -0.25) is 0 Å². The molecule has 188 valence electrons. The maximum absolute atomic E-state index is 7.07. The average Bonchev–Trinajstić information content (AvgIpc) is 3.58. The summed E-state index contributed by atoms with van der Waals surface area (Å²) in [4.78, 5) is 0. The monoisotopic (exact) mass is 546 g/mol.